The average Bonchev–Trinajstić information content (AvgIpc) is 2.46. The number of hydrogen-bond donors (Lipinski definition) is 4. The number of rotatable bonds is 6. The summed E-state index contributed by atoms with van der Waals surface area (Å²) in [6.45, 7) is 0. The van der Waals surface area contributed by atoms with E-state index in [1.165, 1.54) is 0 Å². The van der Waals surface area contributed by atoms with E-state index in [-0.39, 0.29) is 0 Å². The Morgan fingerprint density at radius 3 is 1.83 bits per heavy atom. The molecular weight excluding hydrogens is 317 g/mol. The molecule has 18 heavy (non-hydrogen) atoms. The molecule has 0 atom stereocenters. The molecule has 12 nitrogen and oxygen atoms in total. The first-order valence-corrected chi connectivity index (χ1v) is 8.33. The van der Waals surface area contributed by atoms with Crippen molar-refractivity contribution in [2.75, 3.05) is 0 Å². The lowest BCUT2D eigenvalue weighted by Gasteiger charge is -2.17. The van der Waals surface area contributed by atoms with E-state index in [0.29, 0.717) is 4.73 Å². The summed E-state index contributed by atoms with van der Waals surface area (Å²) in [5.41, 5.74) is 0. The van der Waals surface area contributed by atoms with Gasteiger partial charge in [0.05, 0.1) is 6.20 Å². The summed E-state index contributed by atoms with van der Waals surface area (Å²) in [6, 6.07) is 0. The molecule has 0 unspecified atom stereocenters. The molecular formula is C3H7N2O10P3. The van der Waals surface area contributed by atoms with Crippen molar-refractivity contribution in [1.82, 2.24) is 9.71 Å². The summed E-state index contributed by atoms with van der Waals surface area (Å²) < 4.78 is 44.7. The van der Waals surface area contributed by atoms with E-state index < -0.39 is 23.5 Å². The second kappa shape index (κ2) is 5.22. The zero-order valence-corrected chi connectivity index (χ0v) is 10.9. The number of aromatic nitrogens is 2. The minimum absolute atomic E-state index is 0.520. The summed E-state index contributed by atoms with van der Waals surface area (Å²) in [7, 11) is -16.0. The smallest absolute Gasteiger partial charge is 0.310 e. The molecule has 0 aliphatic rings. The highest BCUT2D eigenvalue weighted by Gasteiger charge is 2.44. The first-order valence-electron chi connectivity index (χ1n) is 3.81. The molecule has 1 aromatic rings. The van der Waals surface area contributed by atoms with Crippen LogP contribution in [0.25, 0.3) is 0 Å². The van der Waals surface area contributed by atoms with Crippen molar-refractivity contribution in [3.05, 3.63) is 18.7 Å². The third-order valence-corrected chi connectivity index (χ3v) is 4.78. The molecule has 0 aliphatic carbocycles. The van der Waals surface area contributed by atoms with Crippen molar-refractivity contribution in [3.8, 4) is 0 Å². The van der Waals surface area contributed by atoms with E-state index in [4.69, 9.17) is 19.6 Å². The highest BCUT2D eigenvalue weighted by Crippen LogP contribution is 2.65. The van der Waals surface area contributed by atoms with Crippen LogP contribution in [0.3, 0.4) is 0 Å². The van der Waals surface area contributed by atoms with Gasteiger partial charge in [0, 0.05) is 6.20 Å². The Hall–Kier alpha value is -0.540. The molecule has 0 fully saturated rings. The van der Waals surface area contributed by atoms with Gasteiger partial charge < -0.3 is 24.2 Å². The molecule has 0 aliphatic heterocycles. The lowest BCUT2D eigenvalue weighted by molar-refractivity contribution is 0.154. The molecule has 1 heterocycles. The van der Waals surface area contributed by atoms with Gasteiger partial charge in [0.1, 0.15) is 6.33 Å². The molecule has 1 aromatic heterocycles. The monoisotopic (exact) mass is 324 g/mol. The molecule has 0 spiro atoms. The van der Waals surface area contributed by atoms with Gasteiger partial charge in [-0.1, -0.05) is 0 Å². The Bertz CT molecular complexity index is 499. The number of imidazole rings is 1. The van der Waals surface area contributed by atoms with Crippen LogP contribution in [0.5, 0.6) is 0 Å². The minimum Gasteiger partial charge on any atom is -0.310 e. The standard InChI is InChI=1S/C3H7N2O10P3/c6-16(7,8)14-18(12,15-17(9,10)11)13-5-2-1-4-3-5/h1-3H,(H2,6,7,8)(H2,9,10,11). The summed E-state index contributed by atoms with van der Waals surface area (Å²) in [6.07, 6.45) is 3.01. The van der Waals surface area contributed by atoms with Gasteiger partial charge in [-0.3, -0.25) is 0 Å². The number of phosphoric acid groups is 3. The Balaban J connectivity index is 2.98. The topological polar surface area (TPSA) is 178 Å². The van der Waals surface area contributed by atoms with Crippen LogP contribution in [0.4, 0.5) is 0 Å². The van der Waals surface area contributed by atoms with Gasteiger partial charge in [-0.15, -0.1) is 0 Å². The lowest BCUT2D eigenvalue weighted by atomic mass is 11.0. The molecule has 1 rings (SSSR count). The summed E-state index contributed by atoms with van der Waals surface area (Å²) >= 11 is 0. The maximum absolute atomic E-state index is 11.6. The zero-order chi connectivity index (χ0) is 14.0. The third kappa shape index (κ3) is 5.87. The summed E-state index contributed by atoms with van der Waals surface area (Å²) in [5, 5.41) is 0. The number of nitrogens with zero attached hydrogens (tertiary/aromatic N) is 2. The first kappa shape index (κ1) is 15.5. The van der Waals surface area contributed by atoms with Gasteiger partial charge in [-0.2, -0.15) is 13.4 Å². The molecule has 0 amide bonds. The zero-order valence-electron chi connectivity index (χ0n) is 8.21. The van der Waals surface area contributed by atoms with Gasteiger partial charge in [-0.05, 0) is 0 Å². The van der Waals surface area contributed by atoms with Crippen LogP contribution in [0.2, 0.25) is 0 Å². The molecule has 0 aromatic carbocycles. The SMILES string of the molecule is O=P(O)(O)OP(=O)(On1ccnc1)OP(=O)(O)O. The minimum atomic E-state index is -5.38. The van der Waals surface area contributed by atoms with Gasteiger partial charge in [-0.25, -0.2) is 18.7 Å². The predicted octanol–water partition coefficient (Wildman–Crippen LogP) is -0.362. The van der Waals surface area contributed by atoms with Gasteiger partial charge in [0.2, 0.25) is 0 Å². The van der Waals surface area contributed by atoms with Crippen LogP contribution in [0.1, 0.15) is 0 Å². The Morgan fingerprint density at radius 1 is 1.00 bits per heavy atom. The van der Waals surface area contributed by atoms with E-state index in [9.17, 15) is 13.7 Å². The van der Waals surface area contributed by atoms with E-state index in [2.05, 4.69) is 18.2 Å². The highest BCUT2D eigenvalue weighted by molar-refractivity contribution is 7.66. The van der Waals surface area contributed by atoms with Crippen LogP contribution in [-0.2, 0) is 22.3 Å². The second-order valence-electron chi connectivity index (χ2n) is 2.60. The molecule has 0 radical (unpaired) electrons. The molecule has 15 heteroatoms. The normalized spacial score (nSPS) is 13.6. The molecule has 104 valence electrons. The fourth-order valence-corrected chi connectivity index (χ4v) is 3.75. The lowest BCUT2D eigenvalue weighted by Crippen LogP contribution is -2.10. The van der Waals surface area contributed by atoms with Crippen LogP contribution < -0.4 is 4.62 Å². The average molecular weight is 324 g/mol. The maximum Gasteiger partial charge on any atom is 0.567 e. The van der Waals surface area contributed by atoms with E-state index in [1.807, 2.05) is 0 Å². The van der Waals surface area contributed by atoms with Crippen molar-refractivity contribution in [1.29, 1.82) is 0 Å². The Morgan fingerprint density at radius 2 is 1.50 bits per heavy atom. The maximum atomic E-state index is 11.6. The van der Waals surface area contributed by atoms with Gasteiger partial charge in [0.15, 0.2) is 0 Å². The fraction of sp³-hybridized carbons (Fsp3) is 0. The fourth-order valence-electron chi connectivity index (χ4n) is 0.716. The quantitative estimate of drug-likeness (QED) is 0.502. The van der Waals surface area contributed by atoms with E-state index in [1.54, 1.807) is 0 Å². The van der Waals surface area contributed by atoms with E-state index in [0.717, 1.165) is 18.7 Å². The number of hydrogen-bond acceptors (Lipinski definition) is 7. The van der Waals surface area contributed by atoms with Crippen LogP contribution >= 0.6 is 23.5 Å². The first-order chi connectivity index (χ1) is 7.99. The largest absolute Gasteiger partial charge is 0.567 e. The van der Waals surface area contributed by atoms with Crippen LogP contribution in [0.15, 0.2) is 18.7 Å². The second-order valence-corrected chi connectivity index (χ2v) is 6.92. The molecule has 4 N–H and O–H groups in total. The van der Waals surface area contributed by atoms with Crippen molar-refractivity contribution >= 4 is 23.5 Å². The molecule has 0 saturated carbocycles. The van der Waals surface area contributed by atoms with E-state index >= 15 is 0 Å². The predicted molar refractivity (Wildman–Crippen MR) is 52.7 cm³/mol. The summed E-state index contributed by atoms with van der Waals surface area (Å²) in [5.74, 6) is 0. The molecule has 0 bridgehead atoms. The molecule has 0 saturated heterocycles. The van der Waals surface area contributed by atoms with Crippen LogP contribution in [0, 0.1) is 0 Å². The van der Waals surface area contributed by atoms with Crippen LogP contribution in [-0.4, -0.2) is 29.3 Å². The van der Waals surface area contributed by atoms with Crippen molar-refractivity contribution < 1.29 is 46.5 Å². The Labute approximate surface area is 99.2 Å². The third-order valence-electron chi connectivity index (χ3n) is 1.09. The van der Waals surface area contributed by atoms with Crippen molar-refractivity contribution in [2.45, 2.75) is 0 Å². The van der Waals surface area contributed by atoms with Gasteiger partial charge in [0.25, 0.3) is 0 Å². The summed E-state index contributed by atoms with van der Waals surface area (Å²) in [4.78, 5) is 37.2. The van der Waals surface area contributed by atoms with Gasteiger partial charge >= 0.3 is 23.5 Å². The highest BCUT2D eigenvalue weighted by atomic mass is 31.3. The Kier molecular flexibility index (Phi) is 4.50. The van der Waals surface area contributed by atoms with Crippen molar-refractivity contribution in [2.24, 2.45) is 0 Å². The van der Waals surface area contributed by atoms with Crippen molar-refractivity contribution in [3.63, 3.8) is 0 Å².